The lowest BCUT2D eigenvalue weighted by atomic mass is 10.0. The molecule has 2 aromatic rings. The second-order valence-corrected chi connectivity index (χ2v) is 6.00. The number of rotatable bonds is 5. The van der Waals surface area contributed by atoms with E-state index in [9.17, 15) is 9.59 Å². The lowest BCUT2D eigenvalue weighted by Crippen LogP contribution is -2.06. The number of Topliss-reactive ketones (excluding diaryl/α,β-unsaturated/α-hetero) is 1. The number of carbonyl (C=O) groups is 2. The predicted octanol–water partition coefficient (Wildman–Crippen LogP) is 3.94. The van der Waals surface area contributed by atoms with Gasteiger partial charge in [0.05, 0.1) is 19.8 Å². The minimum Gasteiger partial charge on any atom is -0.493 e. The van der Waals surface area contributed by atoms with E-state index in [0.717, 1.165) is 5.56 Å². The summed E-state index contributed by atoms with van der Waals surface area (Å²) < 4.78 is 21.5. The fraction of sp³-hybridized carbons (Fsp3) is 0.238. The highest BCUT2D eigenvalue weighted by Gasteiger charge is 2.30. The third-order valence-corrected chi connectivity index (χ3v) is 4.17. The zero-order chi connectivity index (χ0) is 19.6. The molecule has 0 spiro atoms. The highest BCUT2D eigenvalue weighted by molar-refractivity contribution is 6.15. The van der Waals surface area contributed by atoms with E-state index in [-0.39, 0.29) is 23.9 Å². The van der Waals surface area contributed by atoms with Crippen molar-refractivity contribution in [2.75, 3.05) is 14.2 Å². The Hall–Kier alpha value is -3.28. The zero-order valence-corrected chi connectivity index (χ0v) is 15.6. The maximum Gasteiger partial charge on any atom is 0.310 e. The second kappa shape index (κ2) is 7.53. The van der Waals surface area contributed by atoms with Gasteiger partial charge >= 0.3 is 5.97 Å². The van der Waals surface area contributed by atoms with Crippen molar-refractivity contribution in [1.82, 2.24) is 0 Å². The Morgan fingerprint density at radius 3 is 2.52 bits per heavy atom. The highest BCUT2D eigenvalue weighted by Crippen LogP contribution is 2.38. The molecule has 0 bridgehead atoms. The molecule has 0 N–H and O–H groups in total. The molecule has 0 saturated carbocycles. The average molecular weight is 368 g/mol. The number of benzene rings is 2. The minimum absolute atomic E-state index is 0.194. The number of ether oxygens (including phenoxy) is 4. The van der Waals surface area contributed by atoms with Gasteiger partial charge in [-0.2, -0.15) is 0 Å². The van der Waals surface area contributed by atoms with E-state index < -0.39 is 0 Å². The van der Waals surface area contributed by atoms with Crippen LogP contribution in [-0.4, -0.2) is 26.0 Å². The van der Waals surface area contributed by atoms with E-state index >= 15 is 0 Å². The molecule has 6 heteroatoms. The van der Waals surface area contributed by atoms with Crippen LogP contribution < -0.4 is 18.9 Å². The van der Waals surface area contributed by atoms with Crippen LogP contribution in [0.25, 0.3) is 6.08 Å². The minimum atomic E-state index is -0.347. The van der Waals surface area contributed by atoms with Gasteiger partial charge in [0.15, 0.2) is 17.3 Å². The number of hydrogen-bond donors (Lipinski definition) is 0. The van der Waals surface area contributed by atoms with Gasteiger partial charge in [0.2, 0.25) is 5.78 Å². The molecule has 27 heavy (non-hydrogen) atoms. The molecule has 1 aliphatic rings. The van der Waals surface area contributed by atoms with Crippen LogP contribution in [0, 0.1) is 6.92 Å². The van der Waals surface area contributed by atoms with Gasteiger partial charge < -0.3 is 18.9 Å². The van der Waals surface area contributed by atoms with Crippen molar-refractivity contribution < 1.29 is 28.5 Å². The first kappa shape index (κ1) is 18.5. The van der Waals surface area contributed by atoms with Gasteiger partial charge in [-0.1, -0.05) is 13.0 Å². The van der Waals surface area contributed by atoms with Crippen molar-refractivity contribution in [2.45, 2.75) is 20.3 Å². The van der Waals surface area contributed by atoms with Crippen LogP contribution in [0.4, 0.5) is 0 Å². The zero-order valence-electron chi connectivity index (χ0n) is 15.6. The van der Waals surface area contributed by atoms with Crippen molar-refractivity contribution in [3.8, 4) is 23.0 Å². The standard InChI is InChI=1S/C21H20O6/c1-5-19(22)26-14-8-12(2)20-17(11-14)27-18(21(20)23)10-13-6-7-15(24-3)16(9-13)25-4/h6-11H,5H2,1-4H3/b18-10-. The third-order valence-electron chi connectivity index (χ3n) is 4.17. The molecule has 140 valence electrons. The van der Waals surface area contributed by atoms with E-state index in [1.165, 1.54) is 0 Å². The summed E-state index contributed by atoms with van der Waals surface area (Å²) in [6, 6.07) is 8.53. The van der Waals surface area contributed by atoms with Crippen LogP contribution in [0.2, 0.25) is 0 Å². The summed E-state index contributed by atoms with van der Waals surface area (Å²) >= 11 is 0. The molecular formula is C21H20O6. The summed E-state index contributed by atoms with van der Waals surface area (Å²) in [5.41, 5.74) is 1.89. The molecular weight excluding hydrogens is 348 g/mol. The first-order chi connectivity index (χ1) is 13.0. The van der Waals surface area contributed by atoms with Crippen LogP contribution in [0.5, 0.6) is 23.0 Å². The number of esters is 1. The summed E-state index contributed by atoms with van der Waals surface area (Å²) in [6.45, 7) is 3.50. The van der Waals surface area contributed by atoms with Crippen molar-refractivity contribution in [3.63, 3.8) is 0 Å². The number of ketones is 1. The number of aryl methyl sites for hydroxylation is 1. The molecule has 0 aromatic heterocycles. The number of hydrogen-bond acceptors (Lipinski definition) is 6. The van der Waals surface area contributed by atoms with Gasteiger partial charge in [-0.15, -0.1) is 0 Å². The maximum atomic E-state index is 12.7. The van der Waals surface area contributed by atoms with Crippen molar-refractivity contribution >= 4 is 17.8 Å². The van der Waals surface area contributed by atoms with Gasteiger partial charge in [0.1, 0.15) is 11.5 Å². The monoisotopic (exact) mass is 368 g/mol. The molecule has 0 atom stereocenters. The Balaban J connectivity index is 1.93. The first-order valence-corrected chi connectivity index (χ1v) is 8.48. The Kier molecular flexibility index (Phi) is 5.16. The predicted molar refractivity (Wildman–Crippen MR) is 99.6 cm³/mol. The summed E-state index contributed by atoms with van der Waals surface area (Å²) in [7, 11) is 3.10. The average Bonchev–Trinajstić information content (AvgIpc) is 2.97. The second-order valence-electron chi connectivity index (χ2n) is 6.00. The number of allylic oxidation sites excluding steroid dienone is 1. The number of fused-ring (bicyclic) bond motifs is 1. The quantitative estimate of drug-likeness (QED) is 0.452. The Morgan fingerprint density at radius 2 is 1.85 bits per heavy atom. The van der Waals surface area contributed by atoms with Crippen molar-refractivity contribution in [3.05, 3.63) is 52.8 Å². The molecule has 0 saturated heterocycles. The summed E-state index contributed by atoms with van der Waals surface area (Å²) in [6.07, 6.45) is 1.90. The van der Waals surface area contributed by atoms with Gasteiger partial charge in [-0.3, -0.25) is 9.59 Å². The summed E-state index contributed by atoms with van der Waals surface area (Å²) in [4.78, 5) is 24.2. The molecule has 2 aromatic carbocycles. The Morgan fingerprint density at radius 1 is 1.11 bits per heavy atom. The fourth-order valence-corrected chi connectivity index (χ4v) is 2.83. The van der Waals surface area contributed by atoms with Crippen LogP contribution in [-0.2, 0) is 4.79 Å². The molecule has 6 nitrogen and oxygen atoms in total. The summed E-state index contributed by atoms with van der Waals surface area (Å²) in [5.74, 6) is 1.52. The first-order valence-electron chi connectivity index (χ1n) is 8.48. The number of carbonyl (C=O) groups excluding carboxylic acids is 2. The van der Waals surface area contributed by atoms with Gasteiger partial charge in [-0.25, -0.2) is 0 Å². The molecule has 3 rings (SSSR count). The van der Waals surface area contributed by atoms with Gasteiger partial charge in [-0.05, 0) is 42.3 Å². The van der Waals surface area contributed by atoms with Crippen LogP contribution in [0.15, 0.2) is 36.1 Å². The lowest BCUT2D eigenvalue weighted by molar-refractivity contribution is -0.134. The van der Waals surface area contributed by atoms with E-state index in [1.807, 2.05) is 0 Å². The molecule has 0 radical (unpaired) electrons. The topological polar surface area (TPSA) is 71.1 Å². The molecule has 0 unspecified atom stereocenters. The normalized spacial score (nSPS) is 13.9. The molecule has 0 amide bonds. The Labute approximate surface area is 157 Å². The van der Waals surface area contributed by atoms with Gasteiger partial charge in [0, 0.05) is 12.5 Å². The Bertz CT molecular complexity index is 942. The van der Waals surface area contributed by atoms with Gasteiger partial charge in [0.25, 0.3) is 0 Å². The van der Waals surface area contributed by atoms with E-state index in [0.29, 0.717) is 34.1 Å². The van der Waals surface area contributed by atoms with E-state index in [2.05, 4.69) is 0 Å². The van der Waals surface area contributed by atoms with Crippen molar-refractivity contribution in [2.24, 2.45) is 0 Å². The molecule has 1 aliphatic heterocycles. The largest absolute Gasteiger partial charge is 0.493 e. The van der Waals surface area contributed by atoms with Crippen LogP contribution in [0.3, 0.4) is 0 Å². The maximum absolute atomic E-state index is 12.7. The lowest BCUT2D eigenvalue weighted by Gasteiger charge is -2.08. The van der Waals surface area contributed by atoms with E-state index in [4.69, 9.17) is 18.9 Å². The van der Waals surface area contributed by atoms with E-state index in [1.54, 1.807) is 64.5 Å². The van der Waals surface area contributed by atoms with Crippen LogP contribution >= 0.6 is 0 Å². The van der Waals surface area contributed by atoms with Crippen molar-refractivity contribution in [1.29, 1.82) is 0 Å². The molecule has 1 heterocycles. The van der Waals surface area contributed by atoms with Crippen LogP contribution in [0.1, 0.15) is 34.8 Å². The smallest absolute Gasteiger partial charge is 0.310 e. The fourth-order valence-electron chi connectivity index (χ4n) is 2.83. The highest BCUT2D eigenvalue weighted by atomic mass is 16.5. The molecule has 0 aliphatic carbocycles. The SMILES string of the molecule is CCC(=O)Oc1cc(C)c2c(c1)O/C(=C\c1ccc(OC)c(OC)c1)C2=O. The molecule has 0 fully saturated rings. The third kappa shape index (κ3) is 3.65. The summed E-state index contributed by atoms with van der Waals surface area (Å²) in [5, 5.41) is 0. The number of methoxy groups -OCH3 is 2.